The van der Waals surface area contributed by atoms with Crippen LogP contribution in [0.25, 0.3) is 0 Å². The molecule has 3 nitrogen and oxygen atoms in total. The number of aryl methyl sites for hydroxylation is 2. The van der Waals surface area contributed by atoms with Crippen LogP contribution in [0.3, 0.4) is 0 Å². The topological polar surface area (TPSA) is 37.4 Å². The molecular formula is C26H26ClNO2. The van der Waals surface area contributed by atoms with Crippen LogP contribution in [-0.2, 0) is 17.8 Å². The lowest BCUT2D eigenvalue weighted by Crippen LogP contribution is -2.28. The number of ketones is 2. The van der Waals surface area contributed by atoms with Crippen LogP contribution in [0.5, 0.6) is 0 Å². The summed E-state index contributed by atoms with van der Waals surface area (Å²) >= 11 is 5.97. The van der Waals surface area contributed by atoms with E-state index in [2.05, 4.69) is 19.1 Å². The quantitative estimate of drug-likeness (QED) is 0.605. The van der Waals surface area contributed by atoms with E-state index in [-0.39, 0.29) is 23.4 Å². The highest BCUT2D eigenvalue weighted by Gasteiger charge is 2.31. The summed E-state index contributed by atoms with van der Waals surface area (Å²) in [6.45, 7) is 4.34. The van der Waals surface area contributed by atoms with Crippen molar-refractivity contribution < 1.29 is 9.59 Å². The van der Waals surface area contributed by atoms with Gasteiger partial charge >= 0.3 is 0 Å². The zero-order valence-corrected chi connectivity index (χ0v) is 18.2. The van der Waals surface area contributed by atoms with Crippen LogP contribution >= 0.6 is 11.6 Å². The van der Waals surface area contributed by atoms with E-state index in [1.54, 1.807) is 6.92 Å². The zero-order valence-electron chi connectivity index (χ0n) is 17.4. The highest BCUT2D eigenvalue weighted by molar-refractivity contribution is 6.30. The Morgan fingerprint density at radius 2 is 1.93 bits per heavy atom. The van der Waals surface area contributed by atoms with Crippen LogP contribution in [0.2, 0.25) is 5.02 Å². The van der Waals surface area contributed by atoms with Gasteiger partial charge in [0.15, 0.2) is 11.6 Å². The van der Waals surface area contributed by atoms with Gasteiger partial charge in [-0.15, -0.1) is 0 Å². The van der Waals surface area contributed by atoms with E-state index in [0.29, 0.717) is 18.0 Å². The summed E-state index contributed by atoms with van der Waals surface area (Å²) in [5.74, 6) is 0.214. The average Bonchev–Trinajstić information content (AvgIpc) is 2.72. The van der Waals surface area contributed by atoms with E-state index in [4.69, 9.17) is 11.6 Å². The minimum Gasteiger partial charge on any atom is -0.350 e. The first-order valence-electron chi connectivity index (χ1n) is 10.5. The number of halogens is 1. The second-order valence-corrected chi connectivity index (χ2v) is 8.82. The maximum absolute atomic E-state index is 13.1. The standard InChI is InChI=1S/C26H26ClNO2/c1-17-3-10-24-20(13-17)6-7-22(26(24)30)14-21-11-12-28(16-25(21)18(2)29)15-19-4-8-23(27)9-5-19/h3-5,8-13,16,21-22H,6-7,14-15H2,1-2H3. The monoisotopic (exact) mass is 419 g/mol. The lowest BCUT2D eigenvalue weighted by Gasteiger charge is -2.30. The molecule has 0 N–H and O–H groups in total. The number of allylic oxidation sites excluding steroid dienone is 2. The first-order valence-corrected chi connectivity index (χ1v) is 10.8. The number of carbonyl (C=O) groups excluding carboxylic acids is 2. The predicted molar refractivity (Wildman–Crippen MR) is 120 cm³/mol. The minimum absolute atomic E-state index is 0.0232. The van der Waals surface area contributed by atoms with Gasteiger partial charge < -0.3 is 4.90 Å². The highest BCUT2D eigenvalue weighted by atomic mass is 35.5. The molecule has 2 unspecified atom stereocenters. The Bertz CT molecular complexity index is 1040. The smallest absolute Gasteiger partial charge is 0.166 e. The van der Waals surface area contributed by atoms with Crippen molar-refractivity contribution in [2.45, 2.75) is 39.7 Å². The number of nitrogens with zero attached hydrogens (tertiary/aromatic N) is 1. The molecule has 1 aliphatic carbocycles. The minimum atomic E-state index is -0.0413. The Hall–Kier alpha value is -2.65. The second-order valence-electron chi connectivity index (χ2n) is 8.38. The van der Waals surface area contributed by atoms with Gasteiger partial charge in [-0.25, -0.2) is 0 Å². The number of Topliss-reactive ketones (excluding diaryl/α,β-unsaturated/α-hetero) is 2. The lowest BCUT2D eigenvalue weighted by atomic mass is 9.76. The molecule has 0 bridgehead atoms. The zero-order chi connectivity index (χ0) is 21.3. The van der Waals surface area contributed by atoms with Gasteiger partial charge in [0.05, 0.1) is 0 Å². The summed E-state index contributed by atoms with van der Waals surface area (Å²) in [5.41, 5.74) is 5.10. The molecule has 0 saturated heterocycles. The number of hydrogen-bond donors (Lipinski definition) is 0. The Morgan fingerprint density at radius 1 is 1.17 bits per heavy atom. The summed E-state index contributed by atoms with van der Waals surface area (Å²) in [5, 5.41) is 0.710. The Labute approximate surface area is 183 Å². The number of hydrogen-bond acceptors (Lipinski definition) is 3. The number of fused-ring (bicyclic) bond motifs is 1. The third-order valence-electron chi connectivity index (χ3n) is 6.10. The maximum atomic E-state index is 13.1. The fourth-order valence-electron chi connectivity index (χ4n) is 4.47. The van der Waals surface area contributed by atoms with Crippen molar-refractivity contribution in [3.63, 3.8) is 0 Å². The first-order chi connectivity index (χ1) is 14.4. The van der Waals surface area contributed by atoms with Gasteiger partial charge in [0.1, 0.15) is 0 Å². The van der Waals surface area contributed by atoms with Crippen LogP contribution in [0.4, 0.5) is 0 Å². The molecule has 0 amide bonds. The SMILES string of the molecule is CC(=O)C1=CN(Cc2ccc(Cl)cc2)C=CC1CC1CCc2cc(C)ccc2C1=O. The van der Waals surface area contributed by atoms with E-state index in [1.165, 1.54) is 5.56 Å². The molecule has 2 aromatic rings. The molecule has 4 heteroatoms. The normalized spacial score (nSPS) is 20.7. The van der Waals surface area contributed by atoms with Crippen LogP contribution in [0.15, 0.2) is 66.5 Å². The fourth-order valence-corrected chi connectivity index (χ4v) is 4.60. The molecule has 0 aromatic heterocycles. The summed E-state index contributed by atoms with van der Waals surface area (Å²) in [6, 6.07) is 13.8. The van der Waals surface area contributed by atoms with Gasteiger partial charge in [-0.1, -0.05) is 53.6 Å². The Kier molecular flexibility index (Phi) is 5.92. The molecule has 0 radical (unpaired) electrons. The van der Waals surface area contributed by atoms with E-state index in [0.717, 1.165) is 35.1 Å². The van der Waals surface area contributed by atoms with E-state index in [1.807, 2.05) is 53.7 Å². The third-order valence-corrected chi connectivity index (χ3v) is 6.35. The van der Waals surface area contributed by atoms with Crippen LogP contribution in [0, 0.1) is 18.8 Å². The third kappa shape index (κ3) is 4.41. The van der Waals surface area contributed by atoms with Crippen molar-refractivity contribution in [2.24, 2.45) is 11.8 Å². The average molecular weight is 420 g/mol. The van der Waals surface area contributed by atoms with Gasteiger partial charge in [-0.05, 0) is 56.4 Å². The van der Waals surface area contributed by atoms with Crippen molar-refractivity contribution in [2.75, 3.05) is 0 Å². The van der Waals surface area contributed by atoms with Crippen molar-refractivity contribution in [3.8, 4) is 0 Å². The van der Waals surface area contributed by atoms with E-state index >= 15 is 0 Å². The molecule has 2 atom stereocenters. The first kappa shape index (κ1) is 20.6. The second kappa shape index (κ2) is 8.61. The van der Waals surface area contributed by atoms with Gasteiger partial charge in [0.25, 0.3) is 0 Å². The Morgan fingerprint density at radius 3 is 2.67 bits per heavy atom. The van der Waals surface area contributed by atoms with Crippen LogP contribution < -0.4 is 0 Å². The van der Waals surface area contributed by atoms with Crippen molar-refractivity contribution in [3.05, 3.63) is 93.8 Å². The van der Waals surface area contributed by atoms with Gasteiger partial charge in [0, 0.05) is 46.9 Å². The largest absolute Gasteiger partial charge is 0.350 e. The van der Waals surface area contributed by atoms with Crippen LogP contribution in [-0.4, -0.2) is 16.5 Å². The molecule has 2 aromatic carbocycles. The highest BCUT2D eigenvalue weighted by Crippen LogP contribution is 2.34. The Balaban J connectivity index is 1.49. The molecule has 154 valence electrons. The van der Waals surface area contributed by atoms with E-state index < -0.39 is 0 Å². The molecule has 4 rings (SSSR count). The molecule has 30 heavy (non-hydrogen) atoms. The molecule has 1 aliphatic heterocycles. The van der Waals surface area contributed by atoms with Gasteiger partial charge in [0.2, 0.25) is 0 Å². The van der Waals surface area contributed by atoms with E-state index in [9.17, 15) is 9.59 Å². The van der Waals surface area contributed by atoms with Gasteiger partial charge in [-0.3, -0.25) is 9.59 Å². The molecule has 0 saturated carbocycles. The predicted octanol–water partition coefficient (Wildman–Crippen LogP) is 5.90. The number of carbonyl (C=O) groups is 2. The maximum Gasteiger partial charge on any atom is 0.166 e. The number of benzene rings is 2. The molecule has 0 fully saturated rings. The number of rotatable bonds is 5. The molecule has 2 aliphatic rings. The lowest BCUT2D eigenvalue weighted by molar-refractivity contribution is -0.114. The molecule has 0 spiro atoms. The van der Waals surface area contributed by atoms with Crippen molar-refractivity contribution in [1.29, 1.82) is 0 Å². The van der Waals surface area contributed by atoms with Crippen molar-refractivity contribution >= 4 is 23.2 Å². The van der Waals surface area contributed by atoms with Gasteiger partial charge in [-0.2, -0.15) is 0 Å². The summed E-state index contributed by atoms with van der Waals surface area (Å²) in [4.78, 5) is 27.5. The summed E-state index contributed by atoms with van der Waals surface area (Å²) in [6.07, 6.45) is 8.49. The van der Waals surface area contributed by atoms with Crippen molar-refractivity contribution in [1.82, 2.24) is 4.90 Å². The van der Waals surface area contributed by atoms with Crippen LogP contribution in [0.1, 0.15) is 46.8 Å². The summed E-state index contributed by atoms with van der Waals surface area (Å²) in [7, 11) is 0. The summed E-state index contributed by atoms with van der Waals surface area (Å²) < 4.78 is 0. The molecule has 1 heterocycles. The fraction of sp³-hybridized carbons (Fsp3) is 0.308. The molecular weight excluding hydrogens is 394 g/mol.